The lowest BCUT2D eigenvalue weighted by atomic mass is 9.56. The Bertz CT molecular complexity index is 498. The molecular formula is C17H23F2N. The molecule has 0 aliphatic heterocycles. The fourth-order valence-electron chi connectivity index (χ4n) is 3.84. The maximum atomic E-state index is 14.2. The Labute approximate surface area is 119 Å². The largest absolute Gasteiger partial charge is 0.316 e. The topological polar surface area (TPSA) is 12.0 Å². The van der Waals surface area contributed by atoms with Gasteiger partial charge in [-0.3, -0.25) is 0 Å². The lowest BCUT2D eigenvalue weighted by molar-refractivity contribution is 0.111. The van der Waals surface area contributed by atoms with Gasteiger partial charge in [0, 0.05) is 18.0 Å². The molecule has 0 heterocycles. The van der Waals surface area contributed by atoms with E-state index in [0.717, 1.165) is 32.0 Å². The van der Waals surface area contributed by atoms with Crippen molar-refractivity contribution in [3.8, 4) is 0 Å². The Balaban J connectivity index is 1.79. The summed E-state index contributed by atoms with van der Waals surface area (Å²) >= 11 is 0. The summed E-state index contributed by atoms with van der Waals surface area (Å²) in [7, 11) is 0. The van der Waals surface area contributed by atoms with E-state index in [1.807, 2.05) is 0 Å². The quantitative estimate of drug-likeness (QED) is 0.858. The van der Waals surface area contributed by atoms with Crippen LogP contribution in [-0.4, -0.2) is 13.1 Å². The Hall–Kier alpha value is -0.960. The summed E-state index contributed by atoms with van der Waals surface area (Å²) in [5.41, 5.74) is 1.07. The van der Waals surface area contributed by atoms with Gasteiger partial charge < -0.3 is 5.32 Å². The van der Waals surface area contributed by atoms with E-state index >= 15 is 0 Å². The van der Waals surface area contributed by atoms with Crippen LogP contribution in [0.4, 0.5) is 8.78 Å². The SMILES string of the molecule is CC(C)CNCC1(c2ccc(F)cc2F)CC2(CC2)C1. The molecule has 0 atom stereocenters. The molecule has 2 aliphatic rings. The predicted octanol–water partition coefficient (Wildman–Crippen LogP) is 4.02. The monoisotopic (exact) mass is 279 g/mol. The minimum Gasteiger partial charge on any atom is -0.316 e. The van der Waals surface area contributed by atoms with E-state index < -0.39 is 5.82 Å². The van der Waals surface area contributed by atoms with Gasteiger partial charge in [0.1, 0.15) is 11.6 Å². The van der Waals surface area contributed by atoms with Crippen LogP contribution in [0.3, 0.4) is 0 Å². The van der Waals surface area contributed by atoms with E-state index in [1.54, 1.807) is 6.07 Å². The molecule has 2 saturated carbocycles. The molecule has 1 aromatic carbocycles. The molecule has 1 spiro atoms. The standard InChI is InChI=1S/C17H23F2N/c1-12(2)8-20-11-17(9-16(10-17)5-6-16)14-4-3-13(18)7-15(14)19/h3-4,7,12,20H,5-6,8-11H2,1-2H3. The van der Waals surface area contributed by atoms with Gasteiger partial charge >= 0.3 is 0 Å². The number of benzene rings is 1. The van der Waals surface area contributed by atoms with Crippen LogP contribution in [0, 0.1) is 23.0 Å². The molecule has 2 fully saturated rings. The molecular weight excluding hydrogens is 256 g/mol. The van der Waals surface area contributed by atoms with E-state index in [0.29, 0.717) is 16.9 Å². The summed E-state index contributed by atoms with van der Waals surface area (Å²) in [5, 5.41) is 3.47. The highest BCUT2D eigenvalue weighted by Crippen LogP contribution is 2.68. The van der Waals surface area contributed by atoms with Crippen molar-refractivity contribution in [3.05, 3.63) is 35.4 Å². The van der Waals surface area contributed by atoms with Crippen molar-refractivity contribution in [2.75, 3.05) is 13.1 Å². The average molecular weight is 279 g/mol. The van der Waals surface area contributed by atoms with Crippen LogP contribution >= 0.6 is 0 Å². The van der Waals surface area contributed by atoms with E-state index in [2.05, 4.69) is 19.2 Å². The van der Waals surface area contributed by atoms with E-state index in [-0.39, 0.29) is 11.2 Å². The first-order valence-corrected chi connectivity index (χ1v) is 7.61. The Morgan fingerprint density at radius 1 is 1.20 bits per heavy atom. The van der Waals surface area contributed by atoms with Gasteiger partial charge in [0.15, 0.2) is 0 Å². The zero-order valence-corrected chi connectivity index (χ0v) is 12.3. The third kappa shape index (κ3) is 2.48. The minimum atomic E-state index is -0.489. The molecule has 1 nitrogen and oxygen atoms in total. The third-order valence-electron chi connectivity index (χ3n) is 4.90. The van der Waals surface area contributed by atoms with Crippen molar-refractivity contribution in [2.24, 2.45) is 11.3 Å². The first-order valence-electron chi connectivity index (χ1n) is 7.61. The number of rotatable bonds is 5. The van der Waals surface area contributed by atoms with E-state index in [1.165, 1.54) is 18.9 Å². The van der Waals surface area contributed by atoms with Gasteiger partial charge in [0.2, 0.25) is 0 Å². The fraction of sp³-hybridized carbons (Fsp3) is 0.647. The minimum absolute atomic E-state index is 0.122. The van der Waals surface area contributed by atoms with Gasteiger partial charge in [0.05, 0.1) is 0 Å². The predicted molar refractivity (Wildman–Crippen MR) is 76.6 cm³/mol. The van der Waals surface area contributed by atoms with Crippen molar-refractivity contribution < 1.29 is 8.78 Å². The summed E-state index contributed by atoms with van der Waals surface area (Å²) < 4.78 is 27.3. The smallest absolute Gasteiger partial charge is 0.129 e. The van der Waals surface area contributed by atoms with Gasteiger partial charge in [0.25, 0.3) is 0 Å². The van der Waals surface area contributed by atoms with Crippen LogP contribution in [0.25, 0.3) is 0 Å². The number of hydrogen-bond acceptors (Lipinski definition) is 1. The molecule has 0 amide bonds. The lowest BCUT2D eigenvalue weighted by Gasteiger charge is -2.49. The highest BCUT2D eigenvalue weighted by Gasteiger charge is 2.61. The molecule has 1 aromatic rings. The van der Waals surface area contributed by atoms with Crippen LogP contribution in [0.5, 0.6) is 0 Å². The summed E-state index contributed by atoms with van der Waals surface area (Å²) in [4.78, 5) is 0. The molecule has 0 aromatic heterocycles. The van der Waals surface area contributed by atoms with Crippen molar-refractivity contribution in [1.82, 2.24) is 5.32 Å². The van der Waals surface area contributed by atoms with Gasteiger partial charge in [-0.1, -0.05) is 19.9 Å². The average Bonchev–Trinajstić information content (AvgIpc) is 3.07. The van der Waals surface area contributed by atoms with Crippen molar-refractivity contribution in [2.45, 2.75) is 44.9 Å². The third-order valence-corrected chi connectivity index (χ3v) is 4.90. The first-order chi connectivity index (χ1) is 9.45. The van der Waals surface area contributed by atoms with Crippen LogP contribution in [-0.2, 0) is 5.41 Å². The summed E-state index contributed by atoms with van der Waals surface area (Å²) in [6.45, 7) is 6.08. The van der Waals surface area contributed by atoms with Gasteiger partial charge in [-0.15, -0.1) is 0 Å². The van der Waals surface area contributed by atoms with Crippen LogP contribution in [0.2, 0.25) is 0 Å². The second kappa shape index (κ2) is 4.80. The van der Waals surface area contributed by atoms with Crippen molar-refractivity contribution in [1.29, 1.82) is 0 Å². The second-order valence-electron chi connectivity index (χ2n) is 7.28. The van der Waals surface area contributed by atoms with Gasteiger partial charge in [-0.25, -0.2) is 8.78 Å². The molecule has 0 radical (unpaired) electrons. The van der Waals surface area contributed by atoms with Crippen molar-refractivity contribution >= 4 is 0 Å². The molecule has 3 heteroatoms. The zero-order chi connectivity index (χ0) is 14.4. The Morgan fingerprint density at radius 3 is 2.45 bits per heavy atom. The van der Waals surface area contributed by atoms with Crippen LogP contribution in [0.1, 0.15) is 45.1 Å². The molecule has 3 rings (SSSR count). The normalized spacial score (nSPS) is 22.1. The maximum Gasteiger partial charge on any atom is 0.129 e. The molecule has 2 aliphatic carbocycles. The Kier molecular flexibility index (Phi) is 3.36. The lowest BCUT2D eigenvalue weighted by Crippen LogP contribution is -2.50. The van der Waals surface area contributed by atoms with Gasteiger partial charge in [-0.2, -0.15) is 0 Å². The molecule has 0 bridgehead atoms. The summed E-state index contributed by atoms with van der Waals surface area (Å²) in [6, 6.07) is 4.06. The number of halogens is 2. The molecule has 0 saturated heterocycles. The first kappa shape index (κ1) is 14.0. The number of nitrogens with one attached hydrogen (secondary N) is 1. The fourth-order valence-corrected chi connectivity index (χ4v) is 3.84. The van der Waals surface area contributed by atoms with E-state index in [4.69, 9.17) is 0 Å². The second-order valence-corrected chi connectivity index (χ2v) is 7.28. The zero-order valence-electron chi connectivity index (χ0n) is 12.3. The molecule has 0 unspecified atom stereocenters. The highest BCUT2D eigenvalue weighted by atomic mass is 19.1. The molecule has 110 valence electrons. The van der Waals surface area contributed by atoms with Crippen molar-refractivity contribution in [3.63, 3.8) is 0 Å². The van der Waals surface area contributed by atoms with Gasteiger partial charge in [-0.05, 0) is 55.2 Å². The van der Waals surface area contributed by atoms with Crippen LogP contribution < -0.4 is 5.32 Å². The summed E-state index contributed by atoms with van der Waals surface area (Å²) in [5.74, 6) is -0.288. The van der Waals surface area contributed by atoms with E-state index in [9.17, 15) is 8.78 Å². The van der Waals surface area contributed by atoms with Crippen LogP contribution in [0.15, 0.2) is 18.2 Å². The number of hydrogen-bond donors (Lipinski definition) is 1. The summed E-state index contributed by atoms with van der Waals surface area (Å²) in [6.07, 6.45) is 4.66. The molecule has 1 N–H and O–H groups in total. The highest BCUT2D eigenvalue weighted by molar-refractivity contribution is 5.35. The molecule has 20 heavy (non-hydrogen) atoms. The Morgan fingerprint density at radius 2 is 1.90 bits per heavy atom. The maximum absolute atomic E-state index is 14.2.